The lowest BCUT2D eigenvalue weighted by atomic mass is 9.96. The predicted octanol–water partition coefficient (Wildman–Crippen LogP) is 1.86. The van der Waals surface area contributed by atoms with E-state index in [4.69, 9.17) is 26.2 Å². The Balaban J connectivity index is 1.22. The Bertz CT molecular complexity index is 2050. The van der Waals surface area contributed by atoms with Gasteiger partial charge in [0.1, 0.15) is 33.9 Å². The Morgan fingerprint density at radius 2 is 1.66 bits per heavy atom. The van der Waals surface area contributed by atoms with Gasteiger partial charge in [0.05, 0.1) is 35.6 Å². The van der Waals surface area contributed by atoms with Crippen molar-refractivity contribution < 1.29 is 56.6 Å². The monoisotopic (exact) mass is 839 g/mol. The molecule has 4 unspecified atom stereocenters. The van der Waals surface area contributed by atoms with Gasteiger partial charge in [-0.1, -0.05) is 29.8 Å². The van der Waals surface area contributed by atoms with Crippen molar-refractivity contribution in [3.05, 3.63) is 77.1 Å². The molecule has 0 spiro atoms. The maximum Gasteiger partial charge on any atom is 0.254 e. The molecule has 18 heteroatoms. The van der Waals surface area contributed by atoms with Gasteiger partial charge in [0.2, 0.25) is 10.0 Å². The molecule has 0 saturated heterocycles. The second-order valence-electron chi connectivity index (χ2n) is 14.4. The van der Waals surface area contributed by atoms with E-state index in [1.54, 1.807) is 12.4 Å². The van der Waals surface area contributed by atoms with Crippen LogP contribution in [0.25, 0.3) is 11.1 Å². The standard InChI is InChI=1S/C38H50ClN3O12S2/c1-41(17-5-6-18-42(19-20-55(2,49)50)37(48)36(47)35(46)34(45)32(44)23-43)56(51,52)27-11-12-31(39)25(21-27)24-53-38(14-15-38)30-22-40-16-13-28(30)29-7-3-4-8-33(29)54-26-9-10-26/h3-4,7-8,11-13,16,21-22,26,32,34-36,43-47H,5-6,9-10,14-15,17-20,23-24H2,1-2H3. The number of hydrogen-bond donors (Lipinski definition) is 5. The van der Waals surface area contributed by atoms with Gasteiger partial charge in [-0.2, -0.15) is 0 Å². The Morgan fingerprint density at radius 1 is 0.964 bits per heavy atom. The van der Waals surface area contributed by atoms with Crippen molar-refractivity contribution in [1.82, 2.24) is 14.2 Å². The van der Waals surface area contributed by atoms with Gasteiger partial charge >= 0.3 is 0 Å². The van der Waals surface area contributed by atoms with E-state index < -0.39 is 68.1 Å². The SMILES string of the molecule is CN(CCCCN(CCS(C)(=O)=O)C(=O)C(O)C(O)C(O)C(O)CO)S(=O)(=O)c1ccc(Cl)c(COC2(c3cnccc3-c3ccccc3OC3CC3)CC2)c1. The fourth-order valence-corrected chi connectivity index (χ4v) is 8.18. The number of hydrogen-bond acceptors (Lipinski definition) is 13. The summed E-state index contributed by atoms with van der Waals surface area (Å²) >= 11 is 6.56. The highest BCUT2D eigenvalue weighted by molar-refractivity contribution is 7.90. The molecule has 2 aliphatic carbocycles. The summed E-state index contributed by atoms with van der Waals surface area (Å²) < 4.78 is 64.9. The Hall–Kier alpha value is -3.23. The number of sulfone groups is 1. The van der Waals surface area contributed by atoms with Gasteiger partial charge in [0, 0.05) is 61.5 Å². The quantitative estimate of drug-likeness (QED) is 0.0913. The maximum absolute atomic E-state index is 13.7. The van der Waals surface area contributed by atoms with Crippen molar-refractivity contribution in [1.29, 1.82) is 0 Å². The number of unbranched alkanes of at least 4 members (excludes halogenated alkanes) is 1. The molecular weight excluding hydrogens is 790 g/mol. The van der Waals surface area contributed by atoms with Crippen LogP contribution in [0.5, 0.6) is 5.75 Å². The largest absolute Gasteiger partial charge is 0.490 e. The summed E-state index contributed by atoms with van der Waals surface area (Å²) in [7, 11) is -6.17. The fourth-order valence-electron chi connectivity index (χ4n) is 6.19. The molecule has 2 saturated carbocycles. The number of carbonyl (C=O) groups is 1. The highest BCUT2D eigenvalue weighted by Crippen LogP contribution is 2.53. The van der Waals surface area contributed by atoms with E-state index in [1.165, 1.54) is 25.2 Å². The van der Waals surface area contributed by atoms with Crippen LogP contribution in [0.4, 0.5) is 0 Å². The number of pyridine rings is 1. The van der Waals surface area contributed by atoms with E-state index in [2.05, 4.69) is 4.98 Å². The fraction of sp³-hybridized carbons (Fsp3) is 0.526. The lowest BCUT2D eigenvalue weighted by Crippen LogP contribution is -2.53. The summed E-state index contributed by atoms with van der Waals surface area (Å²) in [4.78, 5) is 18.4. The van der Waals surface area contributed by atoms with Crippen molar-refractivity contribution in [2.75, 3.05) is 45.3 Å². The first-order valence-electron chi connectivity index (χ1n) is 18.4. The summed E-state index contributed by atoms with van der Waals surface area (Å²) in [5, 5.41) is 49.5. The van der Waals surface area contributed by atoms with E-state index in [-0.39, 0.29) is 50.1 Å². The second-order valence-corrected chi connectivity index (χ2v) is 19.1. The summed E-state index contributed by atoms with van der Waals surface area (Å²) in [6.45, 7) is -1.37. The number of aromatic nitrogens is 1. The number of ether oxygens (including phenoxy) is 2. The van der Waals surface area contributed by atoms with Gasteiger partial charge < -0.3 is 39.9 Å². The highest BCUT2D eigenvalue weighted by Gasteiger charge is 2.48. The minimum atomic E-state index is -4.02. The number of rotatable bonds is 22. The van der Waals surface area contributed by atoms with Crippen molar-refractivity contribution in [2.45, 2.75) is 86.1 Å². The lowest BCUT2D eigenvalue weighted by Gasteiger charge is -2.30. The molecule has 2 aromatic carbocycles. The third-order valence-corrected chi connectivity index (χ3v) is 13.1. The Morgan fingerprint density at radius 3 is 2.32 bits per heavy atom. The normalized spacial score (nSPS) is 17.6. The summed E-state index contributed by atoms with van der Waals surface area (Å²) in [6, 6.07) is 14.2. The molecule has 0 bridgehead atoms. The zero-order chi connectivity index (χ0) is 40.8. The molecule has 15 nitrogen and oxygen atoms in total. The minimum Gasteiger partial charge on any atom is -0.490 e. The molecule has 0 radical (unpaired) electrons. The predicted molar refractivity (Wildman–Crippen MR) is 207 cm³/mol. The van der Waals surface area contributed by atoms with Gasteiger partial charge in [-0.05, 0) is 80.0 Å². The molecule has 1 aromatic heterocycles. The molecule has 5 N–H and O–H groups in total. The van der Waals surface area contributed by atoms with Crippen LogP contribution in [0.15, 0.2) is 65.8 Å². The summed E-state index contributed by atoms with van der Waals surface area (Å²) in [5.41, 5.74) is 2.64. The first-order valence-corrected chi connectivity index (χ1v) is 22.2. The Labute approximate surface area is 332 Å². The summed E-state index contributed by atoms with van der Waals surface area (Å²) in [5.74, 6) is -0.775. The van der Waals surface area contributed by atoms with Crippen LogP contribution in [0, 0.1) is 0 Å². The maximum atomic E-state index is 13.7. The number of sulfonamides is 1. The first-order chi connectivity index (χ1) is 26.5. The van der Waals surface area contributed by atoms with E-state index in [9.17, 15) is 42.1 Å². The van der Waals surface area contributed by atoms with Crippen LogP contribution in [0.1, 0.15) is 49.7 Å². The third kappa shape index (κ3) is 11.0. The van der Waals surface area contributed by atoms with E-state index in [0.29, 0.717) is 10.6 Å². The molecule has 3 aromatic rings. The summed E-state index contributed by atoms with van der Waals surface area (Å²) in [6.07, 6.45) is 0.331. The average Bonchev–Trinajstić information content (AvgIpc) is 4.13. The molecule has 56 heavy (non-hydrogen) atoms. The van der Waals surface area contributed by atoms with Crippen molar-refractivity contribution in [2.24, 2.45) is 0 Å². The lowest BCUT2D eigenvalue weighted by molar-refractivity contribution is -0.158. The molecule has 1 amide bonds. The number of nitrogens with zero attached hydrogens (tertiary/aromatic N) is 3. The number of para-hydroxylation sites is 1. The van der Waals surface area contributed by atoms with Crippen LogP contribution < -0.4 is 4.74 Å². The number of carbonyl (C=O) groups excluding carboxylic acids is 1. The van der Waals surface area contributed by atoms with Crippen molar-refractivity contribution >= 4 is 37.4 Å². The van der Waals surface area contributed by atoms with E-state index in [0.717, 1.165) is 63.6 Å². The highest BCUT2D eigenvalue weighted by atomic mass is 35.5. The molecule has 2 aliphatic rings. The smallest absolute Gasteiger partial charge is 0.254 e. The van der Waals surface area contributed by atoms with Crippen LogP contribution in [0.3, 0.4) is 0 Å². The number of benzene rings is 2. The third-order valence-electron chi connectivity index (χ3n) is 9.94. The molecule has 4 atom stereocenters. The van der Waals surface area contributed by atoms with Crippen LogP contribution in [-0.4, -0.2) is 138 Å². The first kappa shape index (κ1) is 43.9. The van der Waals surface area contributed by atoms with Gasteiger partial charge in [-0.15, -0.1) is 0 Å². The molecular formula is C38H50ClN3O12S2. The van der Waals surface area contributed by atoms with Gasteiger partial charge in [0.15, 0.2) is 6.10 Å². The van der Waals surface area contributed by atoms with Crippen molar-refractivity contribution in [3.8, 4) is 16.9 Å². The van der Waals surface area contributed by atoms with Crippen LogP contribution >= 0.6 is 11.6 Å². The van der Waals surface area contributed by atoms with E-state index >= 15 is 0 Å². The number of aliphatic hydroxyl groups excluding tert-OH is 5. The minimum absolute atomic E-state index is 0.00763. The molecule has 1 heterocycles. The molecule has 0 aliphatic heterocycles. The van der Waals surface area contributed by atoms with Gasteiger partial charge in [-0.25, -0.2) is 21.1 Å². The zero-order valence-corrected chi connectivity index (χ0v) is 33.7. The van der Waals surface area contributed by atoms with E-state index in [1.807, 2.05) is 30.3 Å². The number of aliphatic hydroxyl groups is 5. The number of amides is 1. The second kappa shape index (κ2) is 18.6. The van der Waals surface area contributed by atoms with Gasteiger partial charge in [0.25, 0.3) is 5.91 Å². The van der Waals surface area contributed by atoms with Crippen molar-refractivity contribution in [3.63, 3.8) is 0 Å². The molecule has 5 rings (SSSR count). The van der Waals surface area contributed by atoms with Gasteiger partial charge in [-0.3, -0.25) is 9.78 Å². The van der Waals surface area contributed by atoms with Crippen LogP contribution in [0.2, 0.25) is 5.02 Å². The average molecular weight is 840 g/mol. The van der Waals surface area contributed by atoms with Crippen LogP contribution in [-0.2, 0) is 41.6 Å². The topological polar surface area (TPSA) is 224 Å². The molecule has 308 valence electrons. The Kier molecular flexibility index (Phi) is 14.6. The number of halogens is 1. The molecule has 2 fully saturated rings. The zero-order valence-electron chi connectivity index (χ0n) is 31.3.